The van der Waals surface area contributed by atoms with Crippen LogP contribution < -0.4 is 0 Å². The minimum atomic E-state index is -0.947. The topological polar surface area (TPSA) is 60.8 Å². The van der Waals surface area contributed by atoms with Crippen LogP contribution in [0.25, 0.3) is 0 Å². The molecule has 0 spiro atoms. The lowest BCUT2D eigenvalue weighted by Crippen LogP contribution is -2.42. The van der Waals surface area contributed by atoms with E-state index >= 15 is 0 Å². The summed E-state index contributed by atoms with van der Waals surface area (Å²) in [6.07, 6.45) is 0.0502. The Kier molecular flexibility index (Phi) is 5.27. The van der Waals surface area contributed by atoms with E-state index in [1.165, 1.54) is 0 Å². The Morgan fingerprint density at radius 1 is 1.35 bits per heavy atom. The first-order valence-electron chi connectivity index (χ1n) is 6.55. The highest BCUT2D eigenvalue weighted by Crippen LogP contribution is 2.26. The van der Waals surface area contributed by atoms with E-state index in [2.05, 4.69) is 0 Å². The molecule has 0 bridgehead atoms. The second-order valence-corrected chi connectivity index (χ2v) is 5.93. The first kappa shape index (κ1) is 15.6. The van der Waals surface area contributed by atoms with Gasteiger partial charge < -0.3 is 15.1 Å². The maximum absolute atomic E-state index is 12.1. The number of carbonyl (C=O) groups is 1. The maximum Gasteiger partial charge on any atom is 0.225 e. The average molecular weight is 318 g/mol. The van der Waals surface area contributed by atoms with E-state index in [0.717, 1.165) is 12.8 Å². The number of rotatable bonds is 3. The molecule has 2 atom stereocenters. The number of aliphatic hydroxyl groups is 2. The molecular formula is C14H17Cl2NO3. The van der Waals surface area contributed by atoms with Crippen LogP contribution in [0.3, 0.4) is 0 Å². The van der Waals surface area contributed by atoms with Crippen molar-refractivity contribution in [1.82, 2.24) is 4.90 Å². The van der Waals surface area contributed by atoms with Crippen LogP contribution in [0, 0.1) is 0 Å². The summed E-state index contributed by atoms with van der Waals surface area (Å²) in [7, 11) is 0. The number of amides is 1. The highest BCUT2D eigenvalue weighted by Gasteiger charge is 2.24. The van der Waals surface area contributed by atoms with E-state index in [-0.39, 0.29) is 12.3 Å². The SMILES string of the molecule is O=C(CC(O)c1cc(Cl)cc(Cl)c1)N1CCCC(O)C1. The van der Waals surface area contributed by atoms with Crippen molar-refractivity contribution >= 4 is 29.1 Å². The minimum Gasteiger partial charge on any atom is -0.391 e. The summed E-state index contributed by atoms with van der Waals surface area (Å²) < 4.78 is 0. The Morgan fingerprint density at radius 2 is 2.00 bits per heavy atom. The van der Waals surface area contributed by atoms with E-state index in [1.807, 2.05) is 0 Å². The molecule has 0 saturated carbocycles. The van der Waals surface area contributed by atoms with E-state index in [0.29, 0.717) is 28.7 Å². The highest BCUT2D eigenvalue weighted by molar-refractivity contribution is 6.34. The number of β-amino-alcohol motifs (C(OH)–C–C–N with tert-alkyl or cyclic N) is 1. The molecule has 0 aromatic heterocycles. The molecule has 1 aliphatic rings. The Labute approximate surface area is 127 Å². The lowest BCUT2D eigenvalue weighted by atomic mass is 10.0. The van der Waals surface area contributed by atoms with Gasteiger partial charge in [-0.3, -0.25) is 4.79 Å². The summed E-state index contributed by atoms with van der Waals surface area (Å²) in [6.45, 7) is 0.959. The predicted octanol–water partition coefficient (Wildman–Crippen LogP) is 2.40. The monoisotopic (exact) mass is 317 g/mol. The zero-order valence-corrected chi connectivity index (χ0v) is 12.4. The van der Waals surface area contributed by atoms with Crippen LogP contribution in [0.4, 0.5) is 0 Å². The van der Waals surface area contributed by atoms with Crippen molar-refractivity contribution in [2.24, 2.45) is 0 Å². The van der Waals surface area contributed by atoms with Gasteiger partial charge in [-0.15, -0.1) is 0 Å². The fourth-order valence-corrected chi connectivity index (χ4v) is 2.90. The van der Waals surface area contributed by atoms with Gasteiger partial charge in [0.05, 0.1) is 18.6 Å². The molecule has 1 aliphatic heterocycles. The van der Waals surface area contributed by atoms with Crippen LogP contribution >= 0.6 is 23.2 Å². The first-order valence-corrected chi connectivity index (χ1v) is 7.31. The smallest absolute Gasteiger partial charge is 0.225 e. The van der Waals surface area contributed by atoms with Crippen LogP contribution in [0.2, 0.25) is 10.0 Å². The van der Waals surface area contributed by atoms with Gasteiger partial charge >= 0.3 is 0 Å². The summed E-state index contributed by atoms with van der Waals surface area (Å²) in [5.41, 5.74) is 0.522. The number of nitrogens with zero attached hydrogens (tertiary/aromatic N) is 1. The van der Waals surface area contributed by atoms with Crippen LogP contribution in [-0.4, -0.2) is 40.2 Å². The largest absolute Gasteiger partial charge is 0.391 e. The number of likely N-dealkylation sites (tertiary alicyclic amines) is 1. The van der Waals surface area contributed by atoms with E-state index < -0.39 is 12.2 Å². The summed E-state index contributed by atoms with van der Waals surface area (Å²) in [5, 5.41) is 20.5. The third kappa shape index (κ3) is 4.09. The van der Waals surface area contributed by atoms with Gasteiger partial charge in [0, 0.05) is 23.1 Å². The molecule has 1 aromatic rings. The molecule has 2 N–H and O–H groups in total. The fourth-order valence-electron chi connectivity index (χ4n) is 2.36. The van der Waals surface area contributed by atoms with E-state index in [9.17, 15) is 15.0 Å². The second kappa shape index (κ2) is 6.76. The van der Waals surface area contributed by atoms with E-state index in [1.54, 1.807) is 23.1 Å². The van der Waals surface area contributed by atoms with Crippen molar-refractivity contribution in [2.75, 3.05) is 13.1 Å². The quantitative estimate of drug-likeness (QED) is 0.900. The molecule has 6 heteroatoms. The summed E-state index contributed by atoms with van der Waals surface area (Å²) in [6, 6.07) is 4.76. The zero-order chi connectivity index (χ0) is 14.7. The molecule has 0 radical (unpaired) electrons. The number of halogens is 2. The molecule has 1 amide bonds. The third-order valence-electron chi connectivity index (χ3n) is 3.39. The van der Waals surface area contributed by atoms with Gasteiger partial charge in [0.1, 0.15) is 0 Å². The third-order valence-corrected chi connectivity index (χ3v) is 3.82. The first-order chi connectivity index (χ1) is 9.45. The molecule has 1 fully saturated rings. The lowest BCUT2D eigenvalue weighted by Gasteiger charge is -2.30. The second-order valence-electron chi connectivity index (χ2n) is 5.06. The standard InChI is InChI=1S/C14H17Cl2NO3/c15-10-4-9(5-11(16)6-10)13(19)7-14(20)17-3-1-2-12(18)8-17/h4-6,12-13,18-19H,1-3,7-8H2. The van der Waals surface area contributed by atoms with Crippen molar-refractivity contribution < 1.29 is 15.0 Å². The van der Waals surface area contributed by atoms with Gasteiger partial charge in [0.15, 0.2) is 0 Å². The Hall–Kier alpha value is -0.810. The van der Waals surface area contributed by atoms with Crippen molar-refractivity contribution in [3.63, 3.8) is 0 Å². The van der Waals surface area contributed by atoms with Crippen LogP contribution in [0.15, 0.2) is 18.2 Å². The Balaban J connectivity index is 1.99. The summed E-state index contributed by atoms with van der Waals surface area (Å²) in [4.78, 5) is 13.7. The molecule has 1 aromatic carbocycles. The van der Waals surface area contributed by atoms with Crippen LogP contribution in [0.1, 0.15) is 30.9 Å². The molecular weight excluding hydrogens is 301 g/mol. The predicted molar refractivity (Wildman–Crippen MR) is 77.9 cm³/mol. The van der Waals surface area contributed by atoms with Crippen LogP contribution in [0.5, 0.6) is 0 Å². The molecule has 0 aliphatic carbocycles. The van der Waals surface area contributed by atoms with Crippen molar-refractivity contribution in [1.29, 1.82) is 0 Å². The molecule has 20 heavy (non-hydrogen) atoms. The molecule has 2 rings (SSSR count). The van der Waals surface area contributed by atoms with Gasteiger partial charge in [-0.2, -0.15) is 0 Å². The number of aliphatic hydroxyl groups excluding tert-OH is 2. The Morgan fingerprint density at radius 3 is 2.60 bits per heavy atom. The van der Waals surface area contributed by atoms with Crippen molar-refractivity contribution in [2.45, 2.75) is 31.5 Å². The van der Waals surface area contributed by atoms with E-state index in [4.69, 9.17) is 23.2 Å². The maximum atomic E-state index is 12.1. The molecule has 4 nitrogen and oxygen atoms in total. The lowest BCUT2D eigenvalue weighted by molar-refractivity contribution is -0.136. The average Bonchev–Trinajstić information content (AvgIpc) is 2.37. The number of piperidine rings is 1. The van der Waals surface area contributed by atoms with Crippen LogP contribution in [-0.2, 0) is 4.79 Å². The van der Waals surface area contributed by atoms with Crippen molar-refractivity contribution in [3.8, 4) is 0 Å². The molecule has 110 valence electrons. The molecule has 2 unspecified atom stereocenters. The Bertz CT molecular complexity index is 475. The number of carbonyl (C=O) groups excluding carboxylic acids is 1. The minimum absolute atomic E-state index is 0.0383. The van der Waals surface area contributed by atoms with Gasteiger partial charge in [0.2, 0.25) is 5.91 Å². The van der Waals surface area contributed by atoms with Crippen molar-refractivity contribution in [3.05, 3.63) is 33.8 Å². The molecule has 1 heterocycles. The summed E-state index contributed by atoms with van der Waals surface area (Å²) >= 11 is 11.7. The van der Waals surface area contributed by atoms with Gasteiger partial charge in [-0.25, -0.2) is 0 Å². The number of benzene rings is 1. The number of hydrogen-bond donors (Lipinski definition) is 2. The fraction of sp³-hybridized carbons (Fsp3) is 0.500. The zero-order valence-electron chi connectivity index (χ0n) is 10.9. The summed E-state index contributed by atoms with van der Waals surface area (Å²) in [5.74, 6) is -0.174. The van der Waals surface area contributed by atoms with Gasteiger partial charge in [-0.1, -0.05) is 23.2 Å². The normalized spacial score (nSPS) is 20.8. The molecule has 1 saturated heterocycles. The van der Waals surface area contributed by atoms with Gasteiger partial charge in [0.25, 0.3) is 0 Å². The van der Waals surface area contributed by atoms with Gasteiger partial charge in [-0.05, 0) is 36.6 Å². The highest BCUT2D eigenvalue weighted by atomic mass is 35.5. The number of hydrogen-bond acceptors (Lipinski definition) is 3.